The largest absolute Gasteiger partial charge is 0.480 e. The molecule has 1 saturated heterocycles. The Hall–Kier alpha value is -0.830. The predicted molar refractivity (Wildman–Crippen MR) is 67.9 cm³/mol. The van der Waals surface area contributed by atoms with Crippen molar-refractivity contribution in [2.24, 2.45) is 5.92 Å². The SMILES string of the molecule is C=CC(C)N1C(C(=O)O)CCC2CCCCC21. The minimum Gasteiger partial charge on any atom is -0.480 e. The molecule has 0 aromatic carbocycles. The number of carboxylic acids is 1. The third-order valence-electron chi connectivity index (χ3n) is 4.52. The van der Waals surface area contributed by atoms with Gasteiger partial charge >= 0.3 is 5.97 Å². The van der Waals surface area contributed by atoms with Crippen molar-refractivity contribution >= 4 is 5.97 Å². The van der Waals surface area contributed by atoms with Crippen LogP contribution in [0.4, 0.5) is 0 Å². The van der Waals surface area contributed by atoms with Crippen LogP contribution >= 0.6 is 0 Å². The number of aliphatic carboxylic acids is 1. The second-order valence-electron chi connectivity index (χ2n) is 5.47. The van der Waals surface area contributed by atoms with Crippen LogP contribution in [-0.2, 0) is 4.79 Å². The molecule has 1 N–H and O–H groups in total. The third kappa shape index (κ3) is 2.39. The zero-order valence-electron chi connectivity index (χ0n) is 10.6. The van der Waals surface area contributed by atoms with Crippen molar-refractivity contribution in [2.45, 2.75) is 63.6 Å². The average molecular weight is 237 g/mol. The van der Waals surface area contributed by atoms with Gasteiger partial charge in [0.2, 0.25) is 0 Å². The lowest BCUT2D eigenvalue weighted by Gasteiger charge is -2.49. The highest BCUT2D eigenvalue weighted by Crippen LogP contribution is 2.39. The lowest BCUT2D eigenvalue weighted by atomic mass is 9.75. The van der Waals surface area contributed by atoms with Crippen LogP contribution < -0.4 is 0 Å². The maximum absolute atomic E-state index is 11.4. The van der Waals surface area contributed by atoms with E-state index in [4.69, 9.17) is 0 Å². The molecule has 3 nitrogen and oxygen atoms in total. The van der Waals surface area contributed by atoms with Crippen molar-refractivity contribution in [3.63, 3.8) is 0 Å². The first-order valence-electron chi connectivity index (χ1n) is 6.78. The van der Waals surface area contributed by atoms with Gasteiger partial charge in [-0.25, -0.2) is 0 Å². The number of piperidine rings is 1. The summed E-state index contributed by atoms with van der Waals surface area (Å²) in [5, 5.41) is 9.37. The van der Waals surface area contributed by atoms with E-state index in [1.54, 1.807) is 0 Å². The van der Waals surface area contributed by atoms with Gasteiger partial charge in [0, 0.05) is 12.1 Å². The summed E-state index contributed by atoms with van der Waals surface area (Å²) in [5.41, 5.74) is 0. The highest BCUT2D eigenvalue weighted by Gasteiger charge is 2.42. The second kappa shape index (κ2) is 5.21. The van der Waals surface area contributed by atoms with Crippen LogP contribution in [0.2, 0.25) is 0 Å². The number of rotatable bonds is 3. The van der Waals surface area contributed by atoms with Crippen molar-refractivity contribution in [3.8, 4) is 0 Å². The van der Waals surface area contributed by atoms with Crippen LogP contribution in [0.15, 0.2) is 12.7 Å². The lowest BCUT2D eigenvalue weighted by Crippen LogP contribution is -2.57. The molecule has 1 aliphatic carbocycles. The Morgan fingerprint density at radius 1 is 1.35 bits per heavy atom. The quantitative estimate of drug-likeness (QED) is 0.767. The first-order chi connectivity index (χ1) is 8.15. The fourth-order valence-corrected chi connectivity index (χ4v) is 3.63. The highest BCUT2D eigenvalue weighted by molar-refractivity contribution is 5.73. The zero-order chi connectivity index (χ0) is 12.4. The normalized spacial score (nSPS) is 35.9. The van der Waals surface area contributed by atoms with E-state index in [-0.39, 0.29) is 12.1 Å². The van der Waals surface area contributed by atoms with Gasteiger partial charge in [-0.05, 0) is 38.5 Å². The van der Waals surface area contributed by atoms with Gasteiger partial charge in [0.05, 0.1) is 0 Å². The number of hydrogen-bond acceptors (Lipinski definition) is 2. The minimum atomic E-state index is -0.664. The smallest absolute Gasteiger partial charge is 0.320 e. The molecule has 2 fully saturated rings. The Kier molecular flexibility index (Phi) is 3.87. The van der Waals surface area contributed by atoms with Crippen molar-refractivity contribution in [3.05, 3.63) is 12.7 Å². The maximum atomic E-state index is 11.4. The summed E-state index contributed by atoms with van der Waals surface area (Å²) in [7, 11) is 0. The Morgan fingerprint density at radius 3 is 2.71 bits per heavy atom. The predicted octanol–water partition coefficient (Wildman–Crippen LogP) is 2.67. The van der Waals surface area contributed by atoms with E-state index in [0.29, 0.717) is 12.0 Å². The Morgan fingerprint density at radius 2 is 2.06 bits per heavy atom. The van der Waals surface area contributed by atoms with E-state index >= 15 is 0 Å². The van der Waals surface area contributed by atoms with Gasteiger partial charge in [-0.3, -0.25) is 9.69 Å². The van der Waals surface area contributed by atoms with Crippen LogP contribution in [0.5, 0.6) is 0 Å². The molecule has 0 bridgehead atoms. The lowest BCUT2D eigenvalue weighted by molar-refractivity contribution is -0.149. The van der Waals surface area contributed by atoms with E-state index in [9.17, 15) is 9.90 Å². The average Bonchev–Trinajstić information content (AvgIpc) is 2.36. The zero-order valence-corrected chi connectivity index (χ0v) is 10.6. The molecular weight excluding hydrogens is 214 g/mol. The number of fused-ring (bicyclic) bond motifs is 1. The molecule has 0 aromatic rings. The number of nitrogens with zero attached hydrogens (tertiary/aromatic N) is 1. The fraction of sp³-hybridized carbons (Fsp3) is 0.786. The molecule has 0 radical (unpaired) electrons. The second-order valence-corrected chi connectivity index (χ2v) is 5.47. The van der Waals surface area contributed by atoms with E-state index in [2.05, 4.69) is 18.4 Å². The summed E-state index contributed by atoms with van der Waals surface area (Å²) >= 11 is 0. The summed E-state index contributed by atoms with van der Waals surface area (Å²) in [6, 6.07) is 0.330. The van der Waals surface area contributed by atoms with Crippen LogP contribution in [0.25, 0.3) is 0 Å². The van der Waals surface area contributed by atoms with Gasteiger partial charge in [-0.15, -0.1) is 6.58 Å². The maximum Gasteiger partial charge on any atom is 0.320 e. The molecule has 1 saturated carbocycles. The first-order valence-corrected chi connectivity index (χ1v) is 6.78. The molecule has 4 unspecified atom stereocenters. The molecule has 0 aromatic heterocycles. The molecule has 17 heavy (non-hydrogen) atoms. The van der Waals surface area contributed by atoms with Crippen LogP contribution in [0.3, 0.4) is 0 Å². The molecule has 2 aliphatic rings. The van der Waals surface area contributed by atoms with Gasteiger partial charge < -0.3 is 5.11 Å². The van der Waals surface area contributed by atoms with E-state index in [1.807, 2.05) is 6.08 Å². The van der Waals surface area contributed by atoms with E-state index < -0.39 is 5.97 Å². The fourth-order valence-electron chi connectivity index (χ4n) is 3.63. The van der Waals surface area contributed by atoms with Gasteiger partial charge in [0.25, 0.3) is 0 Å². The van der Waals surface area contributed by atoms with Crippen LogP contribution in [0.1, 0.15) is 45.4 Å². The summed E-state index contributed by atoms with van der Waals surface area (Å²) in [6.45, 7) is 5.90. The van der Waals surface area contributed by atoms with Crippen molar-refractivity contribution < 1.29 is 9.90 Å². The molecule has 1 aliphatic heterocycles. The first kappa shape index (κ1) is 12.6. The molecule has 2 rings (SSSR count). The Bertz CT molecular complexity index is 303. The standard InChI is InChI=1S/C14H23NO2/c1-3-10(2)15-12-7-5-4-6-11(12)8-9-13(15)14(16)17/h3,10-13H,1,4-9H2,2H3,(H,16,17). The summed E-state index contributed by atoms with van der Waals surface area (Å²) < 4.78 is 0. The Balaban J connectivity index is 2.21. The molecule has 1 heterocycles. The monoisotopic (exact) mass is 237 g/mol. The summed E-state index contributed by atoms with van der Waals surface area (Å²) in [4.78, 5) is 13.6. The molecule has 96 valence electrons. The number of likely N-dealkylation sites (tertiary alicyclic amines) is 1. The molecule has 0 amide bonds. The van der Waals surface area contributed by atoms with Gasteiger partial charge in [-0.1, -0.05) is 18.9 Å². The van der Waals surface area contributed by atoms with Gasteiger partial charge in [0.1, 0.15) is 6.04 Å². The number of carboxylic acid groups (broad SMARTS) is 1. The summed E-state index contributed by atoms with van der Waals surface area (Å²) in [5.74, 6) is 0.0458. The van der Waals surface area contributed by atoms with Crippen LogP contribution in [-0.4, -0.2) is 34.1 Å². The topological polar surface area (TPSA) is 40.5 Å². The minimum absolute atomic E-state index is 0.169. The van der Waals surface area contributed by atoms with Gasteiger partial charge in [0.15, 0.2) is 0 Å². The van der Waals surface area contributed by atoms with Crippen LogP contribution in [0, 0.1) is 5.92 Å². The number of carbonyl (C=O) groups is 1. The van der Waals surface area contributed by atoms with E-state index in [1.165, 1.54) is 19.3 Å². The summed E-state index contributed by atoms with van der Waals surface area (Å²) in [6.07, 6.45) is 8.76. The third-order valence-corrected chi connectivity index (χ3v) is 4.52. The molecule has 3 heteroatoms. The Labute approximate surface area is 103 Å². The number of hydrogen-bond donors (Lipinski definition) is 1. The van der Waals surface area contributed by atoms with Crippen molar-refractivity contribution in [1.82, 2.24) is 4.90 Å². The highest BCUT2D eigenvalue weighted by atomic mass is 16.4. The van der Waals surface area contributed by atoms with E-state index in [0.717, 1.165) is 19.3 Å². The molecule has 0 spiro atoms. The van der Waals surface area contributed by atoms with Gasteiger partial charge in [-0.2, -0.15) is 0 Å². The van der Waals surface area contributed by atoms with Crippen molar-refractivity contribution in [1.29, 1.82) is 0 Å². The van der Waals surface area contributed by atoms with Crippen molar-refractivity contribution in [2.75, 3.05) is 0 Å². The molecule has 4 atom stereocenters. The molecular formula is C14H23NO2.